The third kappa shape index (κ3) is 9.68. The molecule has 0 saturated heterocycles. The van der Waals surface area contributed by atoms with Crippen LogP contribution in [0, 0.1) is 5.92 Å². The van der Waals surface area contributed by atoms with Gasteiger partial charge in [0.05, 0.1) is 18.8 Å². The van der Waals surface area contributed by atoms with Gasteiger partial charge in [0.1, 0.15) is 42.2 Å². The molecule has 0 aliphatic heterocycles. The lowest BCUT2D eigenvalue weighted by Gasteiger charge is -2.42. The van der Waals surface area contributed by atoms with E-state index in [-0.39, 0.29) is 19.5 Å². The van der Waals surface area contributed by atoms with Crippen LogP contribution in [-0.4, -0.2) is 134 Å². The average Bonchev–Trinajstić information content (AvgIpc) is 2.77. The van der Waals surface area contributed by atoms with Crippen LogP contribution in [0.5, 0.6) is 0 Å². The SMILES string of the molecule is CC(C)(C)OC(=O)NCCC/N=C/C(O)C(O)C(OC1CC(CO)C(O)C(O)C1O)C(O)CO. The third-order valence-electron chi connectivity index (χ3n) is 5.31. The molecule has 13 nitrogen and oxygen atoms in total. The maximum Gasteiger partial charge on any atom is 0.407 e. The van der Waals surface area contributed by atoms with Gasteiger partial charge in [0.2, 0.25) is 0 Å². The average molecular weight is 497 g/mol. The molecular formula is C21H40N2O11. The molecule has 0 spiro atoms. The predicted octanol–water partition coefficient (Wildman–Crippen LogP) is -3.10. The van der Waals surface area contributed by atoms with Crippen molar-refractivity contribution in [3.8, 4) is 0 Å². The maximum atomic E-state index is 11.6. The zero-order chi connectivity index (χ0) is 26.1. The molecule has 200 valence electrons. The first-order valence-electron chi connectivity index (χ1n) is 11.2. The fourth-order valence-electron chi connectivity index (χ4n) is 3.44. The molecule has 1 rings (SSSR count). The highest BCUT2D eigenvalue weighted by atomic mass is 16.6. The molecule has 9 N–H and O–H groups in total. The fourth-order valence-corrected chi connectivity index (χ4v) is 3.44. The summed E-state index contributed by atoms with van der Waals surface area (Å²) in [4.78, 5) is 15.5. The number of nitrogens with zero attached hydrogens (tertiary/aromatic N) is 1. The van der Waals surface area contributed by atoms with Crippen molar-refractivity contribution in [1.29, 1.82) is 0 Å². The summed E-state index contributed by atoms with van der Waals surface area (Å²) < 4.78 is 10.6. The summed E-state index contributed by atoms with van der Waals surface area (Å²) in [5.41, 5.74) is -0.620. The van der Waals surface area contributed by atoms with Crippen molar-refractivity contribution >= 4 is 12.3 Å². The smallest absolute Gasteiger partial charge is 0.407 e. The van der Waals surface area contributed by atoms with Crippen molar-refractivity contribution < 1.29 is 55.1 Å². The Hall–Kier alpha value is -1.42. The standard InChI is InChI=1S/C21H40N2O11/c1-21(2,3)34-20(32)23-6-4-5-22-8-12(26)16(29)19(13(27)10-25)33-14-7-11(9-24)15(28)18(31)17(14)30/h8,11-19,24-31H,4-7,9-10H2,1-3H3,(H,23,32)/b22-8+. The summed E-state index contributed by atoms with van der Waals surface area (Å²) in [6.07, 6.45) is -11.7. The lowest BCUT2D eigenvalue weighted by atomic mass is 9.81. The van der Waals surface area contributed by atoms with Crippen molar-refractivity contribution in [2.45, 2.75) is 88.0 Å². The van der Waals surface area contributed by atoms with E-state index in [2.05, 4.69) is 10.3 Å². The van der Waals surface area contributed by atoms with Gasteiger partial charge in [0.25, 0.3) is 0 Å². The summed E-state index contributed by atoms with van der Waals surface area (Å²) in [5.74, 6) is -0.826. The maximum absolute atomic E-state index is 11.6. The van der Waals surface area contributed by atoms with E-state index in [1.807, 2.05) is 0 Å². The van der Waals surface area contributed by atoms with Gasteiger partial charge >= 0.3 is 6.09 Å². The minimum atomic E-state index is -1.77. The van der Waals surface area contributed by atoms with Gasteiger partial charge in [-0.1, -0.05) is 0 Å². The van der Waals surface area contributed by atoms with Crippen molar-refractivity contribution in [2.24, 2.45) is 10.9 Å². The predicted molar refractivity (Wildman–Crippen MR) is 119 cm³/mol. The minimum absolute atomic E-state index is 0.105. The number of aliphatic hydroxyl groups excluding tert-OH is 8. The van der Waals surface area contributed by atoms with Gasteiger partial charge in [-0.15, -0.1) is 0 Å². The van der Waals surface area contributed by atoms with Crippen LogP contribution >= 0.6 is 0 Å². The van der Waals surface area contributed by atoms with Gasteiger partial charge in [-0.2, -0.15) is 0 Å². The Morgan fingerprint density at radius 1 is 1.12 bits per heavy atom. The molecule has 0 aromatic heterocycles. The Morgan fingerprint density at radius 3 is 2.32 bits per heavy atom. The molecule has 9 atom stereocenters. The first-order chi connectivity index (χ1) is 15.8. The van der Waals surface area contributed by atoms with E-state index in [0.717, 1.165) is 6.21 Å². The molecule has 1 saturated carbocycles. The van der Waals surface area contributed by atoms with Gasteiger partial charge in [-0.3, -0.25) is 4.99 Å². The molecule has 0 radical (unpaired) electrons. The molecule has 0 heterocycles. The van der Waals surface area contributed by atoms with Gasteiger partial charge in [0.15, 0.2) is 0 Å². The summed E-state index contributed by atoms with van der Waals surface area (Å²) in [6.45, 7) is 4.33. The molecular weight excluding hydrogens is 456 g/mol. The number of hydrogen-bond donors (Lipinski definition) is 9. The molecule has 1 aliphatic rings. The number of aliphatic hydroxyl groups is 8. The third-order valence-corrected chi connectivity index (χ3v) is 5.31. The molecule has 1 aliphatic carbocycles. The number of carbonyl (C=O) groups excluding carboxylic acids is 1. The topological polar surface area (TPSA) is 222 Å². The van der Waals surface area contributed by atoms with E-state index in [1.54, 1.807) is 20.8 Å². The summed E-state index contributed by atoms with van der Waals surface area (Å²) in [7, 11) is 0. The number of alkyl carbamates (subject to hydrolysis) is 1. The van der Waals surface area contributed by atoms with E-state index in [1.165, 1.54) is 0 Å². The molecule has 0 aromatic carbocycles. The lowest BCUT2D eigenvalue weighted by Crippen LogP contribution is -2.58. The van der Waals surface area contributed by atoms with E-state index >= 15 is 0 Å². The van der Waals surface area contributed by atoms with Crippen LogP contribution in [0.15, 0.2) is 4.99 Å². The van der Waals surface area contributed by atoms with Crippen LogP contribution < -0.4 is 5.32 Å². The number of aliphatic imine (C=N–C) groups is 1. The fraction of sp³-hybridized carbons (Fsp3) is 0.905. The van der Waals surface area contributed by atoms with E-state index in [4.69, 9.17) is 9.47 Å². The van der Waals surface area contributed by atoms with Gasteiger partial charge < -0.3 is 55.6 Å². The monoisotopic (exact) mass is 496 g/mol. The number of carbonyl (C=O) groups is 1. The quantitative estimate of drug-likeness (QED) is 0.0972. The summed E-state index contributed by atoms with van der Waals surface area (Å²) in [6, 6.07) is 0. The zero-order valence-corrected chi connectivity index (χ0v) is 19.8. The summed E-state index contributed by atoms with van der Waals surface area (Å²) in [5, 5.41) is 82.1. The van der Waals surface area contributed by atoms with Crippen molar-refractivity contribution in [3.63, 3.8) is 0 Å². The van der Waals surface area contributed by atoms with Crippen molar-refractivity contribution in [2.75, 3.05) is 26.3 Å². The Morgan fingerprint density at radius 2 is 1.76 bits per heavy atom. The highest BCUT2D eigenvalue weighted by molar-refractivity contribution is 5.67. The molecule has 1 amide bonds. The van der Waals surface area contributed by atoms with Crippen LogP contribution in [0.4, 0.5) is 4.79 Å². The van der Waals surface area contributed by atoms with Gasteiger partial charge in [0, 0.05) is 31.8 Å². The first-order valence-corrected chi connectivity index (χ1v) is 11.2. The zero-order valence-electron chi connectivity index (χ0n) is 19.8. The molecule has 0 aromatic rings. The van der Waals surface area contributed by atoms with Gasteiger partial charge in [-0.25, -0.2) is 4.79 Å². The molecule has 0 bridgehead atoms. The van der Waals surface area contributed by atoms with Crippen LogP contribution in [0.3, 0.4) is 0 Å². The highest BCUT2D eigenvalue weighted by Crippen LogP contribution is 2.29. The Kier molecular flexibility index (Phi) is 12.8. The number of hydrogen-bond acceptors (Lipinski definition) is 12. The van der Waals surface area contributed by atoms with Crippen LogP contribution in [0.2, 0.25) is 0 Å². The normalized spacial score (nSPS) is 29.4. The van der Waals surface area contributed by atoms with Crippen molar-refractivity contribution in [3.05, 3.63) is 0 Å². The largest absolute Gasteiger partial charge is 0.444 e. The summed E-state index contributed by atoms with van der Waals surface area (Å²) >= 11 is 0. The number of amides is 1. The Labute approximate surface area is 198 Å². The Balaban J connectivity index is 2.63. The van der Waals surface area contributed by atoms with Crippen LogP contribution in [0.25, 0.3) is 0 Å². The second kappa shape index (κ2) is 14.2. The van der Waals surface area contributed by atoms with E-state index in [0.29, 0.717) is 6.42 Å². The van der Waals surface area contributed by atoms with E-state index < -0.39 is 79.7 Å². The Bertz CT molecular complexity index is 628. The molecule has 13 heteroatoms. The second-order valence-electron chi connectivity index (χ2n) is 9.36. The van der Waals surface area contributed by atoms with Gasteiger partial charge in [-0.05, 0) is 33.6 Å². The highest BCUT2D eigenvalue weighted by Gasteiger charge is 2.45. The van der Waals surface area contributed by atoms with Crippen LogP contribution in [-0.2, 0) is 9.47 Å². The first kappa shape index (κ1) is 30.6. The van der Waals surface area contributed by atoms with Crippen LogP contribution in [0.1, 0.15) is 33.6 Å². The lowest BCUT2D eigenvalue weighted by molar-refractivity contribution is -0.222. The molecule has 1 fully saturated rings. The molecule has 34 heavy (non-hydrogen) atoms. The molecule has 9 unspecified atom stereocenters. The van der Waals surface area contributed by atoms with Crippen molar-refractivity contribution in [1.82, 2.24) is 5.32 Å². The number of nitrogens with one attached hydrogen (secondary N) is 1. The number of rotatable bonds is 12. The minimum Gasteiger partial charge on any atom is -0.444 e. The number of ether oxygens (including phenoxy) is 2. The van der Waals surface area contributed by atoms with E-state index in [9.17, 15) is 45.6 Å². The second-order valence-corrected chi connectivity index (χ2v) is 9.36.